The summed E-state index contributed by atoms with van der Waals surface area (Å²) in [4.78, 5) is 34.4. The van der Waals surface area contributed by atoms with Crippen LogP contribution in [-0.4, -0.2) is 139 Å². The van der Waals surface area contributed by atoms with Gasteiger partial charge >= 0.3 is 0 Å². The number of aromatic nitrogens is 6. The average molecular weight is 722 g/mol. The first kappa shape index (κ1) is 41.1. The number of nitrogens with one attached hydrogen (secondary N) is 1. The molecule has 17 heteroatoms. The standard InChI is InChI=1S/C33H55N11O5.ClH/c1-6-15-46-19-21-49-22-20-47-16-8-35-31-36-32(38-33(37-31)43-13-17-48-18-14-43)42-11-9-41(10-12-42)30(45)29(26(5)7-2)44-24-28(39-40-44)27(34)23-25(3)4;/h1,24-27,29H,7-23,34H2,2-5H3,(H,35,36,37,38);1H/t26-,27-,29-;/m0./s1. The lowest BCUT2D eigenvalue weighted by Gasteiger charge is -2.37. The number of hydrogen-bond donors (Lipinski definition) is 2. The number of piperazine rings is 1. The molecule has 0 unspecified atom stereocenters. The average Bonchev–Trinajstić information content (AvgIpc) is 3.60. The van der Waals surface area contributed by atoms with Crippen molar-refractivity contribution in [2.45, 2.75) is 52.6 Å². The van der Waals surface area contributed by atoms with Gasteiger partial charge in [0.15, 0.2) is 0 Å². The smallest absolute Gasteiger partial charge is 0.247 e. The molecule has 2 aliphatic rings. The number of carbonyl (C=O) groups is 1. The predicted molar refractivity (Wildman–Crippen MR) is 194 cm³/mol. The van der Waals surface area contributed by atoms with Crippen molar-refractivity contribution in [1.29, 1.82) is 0 Å². The first-order valence-electron chi connectivity index (χ1n) is 17.5. The van der Waals surface area contributed by atoms with E-state index in [0.29, 0.717) is 122 Å². The van der Waals surface area contributed by atoms with Gasteiger partial charge in [0.2, 0.25) is 23.8 Å². The number of halogens is 1. The summed E-state index contributed by atoms with van der Waals surface area (Å²) in [5.74, 6) is 4.62. The van der Waals surface area contributed by atoms with Gasteiger partial charge in [-0.15, -0.1) is 23.9 Å². The van der Waals surface area contributed by atoms with Crippen molar-refractivity contribution >= 4 is 36.2 Å². The van der Waals surface area contributed by atoms with Gasteiger partial charge in [0.05, 0.1) is 64.2 Å². The first-order chi connectivity index (χ1) is 23.8. The Bertz CT molecular complexity index is 1320. The van der Waals surface area contributed by atoms with Crippen LogP contribution in [0.5, 0.6) is 0 Å². The van der Waals surface area contributed by atoms with Gasteiger partial charge in [0.1, 0.15) is 12.6 Å². The molecule has 50 heavy (non-hydrogen) atoms. The van der Waals surface area contributed by atoms with Gasteiger partial charge in [0, 0.05) is 45.8 Å². The van der Waals surface area contributed by atoms with Crippen LogP contribution in [0.4, 0.5) is 17.8 Å². The molecule has 0 saturated carbocycles. The van der Waals surface area contributed by atoms with E-state index in [0.717, 1.165) is 12.8 Å². The largest absolute Gasteiger partial charge is 0.378 e. The van der Waals surface area contributed by atoms with Crippen LogP contribution in [0, 0.1) is 24.2 Å². The Morgan fingerprint density at radius 1 is 0.960 bits per heavy atom. The molecule has 2 aliphatic heterocycles. The zero-order valence-electron chi connectivity index (χ0n) is 30.0. The molecular formula is C33H56ClN11O5. The Morgan fingerprint density at radius 2 is 1.58 bits per heavy atom. The van der Waals surface area contributed by atoms with Gasteiger partial charge in [0.25, 0.3) is 0 Å². The topological polar surface area (TPSA) is 171 Å². The molecule has 2 aromatic rings. The van der Waals surface area contributed by atoms with Gasteiger partial charge in [-0.1, -0.05) is 45.2 Å². The monoisotopic (exact) mass is 721 g/mol. The minimum absolute atomic E-state index is 0. The fourth-order valence-electron chi connectivity index (χ4n) is 5.66. The maximum Gasteiger partial charge on any atom is 0.247 e. The SMILES string of the molecule is C#CCOCCOCCOCCNc1nc(N2CCOCC2)nc(N2CCN(C(=O)[C@H]([C@@H](C)CC)n3cc([C@@H](N)CC(C)C)nn3)CC2)n1.Cl. The Balaban J connectivity index is 0.00000676. The number of nitrogens with zero attached hydrogens (tertiary/aromatic N) is 9. The maximum atomic E-state index is 14.0. The van der Waals surface area contributed by atoms with Gasteiger partial charge < -0.3 is 44.7 Å². The van der Waals surface area contributed by atoms with Crippen LogP contribution in [-0.2, 0) is 23.7 Å². The fraction of sp³-hybridized carbons (Fsp3) is 0.758. The highest BCUT2D eigenvalue weighted by Crippen LogP contribution is 2.26. The number of terminal acetylenes is 1. The summed E-state index contributed by atoms with van der Waals surface area (Å²) in [6.45, 7) is 16.4. The van der Waals surface area contributed by atoms with Gasteiger partial charge in [-0.3, -0.25) is 4.79 Å². The first-order valence-corrected chi connectivity index (χ1v) is 17.5. The van der Waals surface area contributed by atoms with E-state index in [1.807, 2.05) is 11.1 Å². The van der Waals surface area contributed by atoms with Crippen molar-refractivity contribution in [3.05, 3.63) is 11.9 Å². The van der Waals surface area contributed by atoms with Gasteiger partial charge in [-0.05, 0) is 18.3 Å². The Kier molecular flexibility index (Phi) is 17.9. The maximum absolute atomic E-state index is 14.0. The predicted octanol–water partition coefficient (Wildman–Crippen LogP) is 1.80. The molecular weight excluding hydrogens is 666 g/mol. The van der Waals surface area contributed by atoms with Crippen molar-refractivity contribution < 1.29 is 23.7 Å². The summed E-state index contributed by atoms with van der Waals surface area (Å²) < 4.78 is 23.6. The van der Waals surface area contributed by atoms with E-state index in [1.165, 1.54) is 0 Å². The van der Waals surface area contributed by atoms with E-state index in [-0.39, 0.29) is 36.9 Å². The summed E-state index contributed by atoms with van der Waals surface area (Å²) in [6, 6.07) is -0.665. The summed E-state index contributed by atoms with van der Waals surface area (Å²) in [5, 5.41) is 12.0. The summed E-state index contributed by atoms with van der Waals surface area (Å²) in [6.07, 6.45) is 8.64. The lowest BCUT2D eigenvalue weighted by molar-refractivity contribution is -0.137. The highest BCUT2D eigenvalue weighted by Gasteiger charge is 2.34. The molecule has 16 nitrogen and oxygen atoms in total. The van der Waals surface area contributed by atoms with Crippen LogP contribution in [0.15, 0.2) is 6.20 Å². The summed E-state index contributed by atoms with van der Waals surface area (Å²) in [5.41, 5.74) is 7.10. The normalized spacial score (nSPS) is 16.9. The molecule has 2 saturated heterocycles. The van der Waals surface area contributed by atoms with Crippen LogP contribution >= 0.6 is 12.4 Å². The zero-order valence-corrected chi connectivity index (χ0v) is 30.9. The number of amides is 1. The quantitative estimate of drug-likeness (QED) is 0.150. The Morgan fingerprint density at radius 3 is 2.20 bits per heavy atom. The highest BCUT2D eigenvalue weighted by atomic mass is 35.5. The number of nitrogens with two attached hydrogens (primary N) is 1. The van der Waals surface area contributed by atoms with Crippen molar-refractivity contribution in [2.24, 2.45) is 17.6 Å². The van der Waals surface area contributed by atoms with E-state index in [1.54, 1.807) is 4.68 Å². The van der Waals surface area contributed by atoms with Crippen LogP contribution < -0.4 is 20.9 Å². The van der Waals surface area contributed by atoms with Crippen LogP contribution in [0.25, 0.3) is 0 Å². The van der Waals surface area contributed by atoms with Crippen LogP contribution in [0.1, 0.15) is 58.3 Å². The summed E-state index contributed by atoms with van der Waals surface area (Å²) in [7, 11) is 0. The molecule has 3 atom stereocenters. The van der Waals surface area contributed by atoms with Crippen molar-refractivity contribution in [3.63, 3.8) is 0 Å². The number of anilines is 3. The van der Waals surface area contributed by atoms with E-state index in [9.17, 15) is 4.79 Å². The number of ether oxygens (including phenoxy) is 4. The molecule has 0 aliphatic carbocycles. The lowest BCUT2D eigenvalue weighted by Crippen LogP contribution is -2.52. The molecule has 2 aromatic heterocycles. The molecule has 280 valence electrons. The van der Waals surface area contributed by atoms with Crippen LogP contribution in [0.3, 0.4) is 0 Å². The molecule has 1 amide bonds. The van der Waals surface area contributed by atoms with E-state index >= 15 is 0 Å². The molecule has 0 spiro atoms. The molecule has 2 fully saturated rings. The zero-order chi connectivity index (χ0) is 35.0. The van der Waals surface area contributed by atoms with E-state index in [4.69, 9.17) is 46.1 Å². The second kappa shape index (κ2) is 21.8. The summed E-state index contributed by atoms with van der Waals surface area (Å²) >= 11 is 0. The third-order valence-electron chi connectivity index (χ3n) is 8.59. The van der Waals surface area contributed by atoms with Gasteiger partial charge in [-0.2, -0.15) is 15.0 Å². The fourth-order valence-corrected chi connectivity index (χ4v) is 5.66. The molecule has 3 N–H and O–H groups in total. The van der Waals surface area contributed by atoms with Crippen molar-refractivity contribution in [1.82, 2.24) is 34.8 Å². The van der Waals surface area contributed by atoms with Crippen molar-refractivity contribution in [3.8, 4) is 12.3 Å². The number of rotatable bonds is 20. The second-order valence-electron chi connectivity index (χ2n) is 12.8. The Labute approximate surface area is 302 Å². The lowest BCUT2D eigenvalue weighted by atomic mass is 9.97. The van der Waals surface area contributed by atoms with E-state index in [2.05, 4.69) is 59.0 Å². The number of hydrogen-bond acceptors (Lipinski definition) is 14. The number of morpholine rings is 1. The molecule has 4 heterocycles. The minimum atomic E-state index is -0.452. The molecule has 0 bridgehead atoms. The number of carbonyl (C=O) groups excluding carboxylic acids is 1. The third kappa shape index (κ3) is 12.5. The third-order valence-corrected chi connectivity index (χ3v) is 8.59. The second-order valence-corrected chi connectivity index (χ2v) is 12.8. The minimum Gasteiger partial charge on any atom is -0.378 e. The molecule has 4 rings (SSSR count). The van der Waals surface area contributed by atoms with Crippen LogP contribution in [0.2, 0.25) is 0 Å². The van der Waals surface area contributed by atoms with Gasteiger partial charge in [-0.25, -0.2) is 4.68 Å². The highest BCUT2D eigenvalue weighted by molar-refractivity contribution is 5.85. The molecule has 0 radical (unpaired) electrons. The van der Waals surface area contributed by atoms with E-state index < -0.39 is 6.04 Å². The Hall–Kier alpha value is -3.33. The molecule has 0 aromatic carbocycles. The van der Waals surface area contributed by atoms with Crippen molar-refractivity contribution in [2.75, 3.05) is 114 Å².